The molecule has 5 rings (SSSR count). The van der Waals surface area contributed by atoms with Crippen LogP contribution in [-0.4, -0.2) is 30.6 Å². The minimum atomic E-state index is -4.83. The van der Waals surface area contributed by atoms with E-state index in [4.69, 9.17) is 0 Å². The number of amides is 1. The Hall–Kier alpha value is -4.84. The van der Waals surface area contributed by atoms with Gasteiger partial charge in [-0.25, -0.2) is 18.9 Å². The molecule has 192 valence electrons. The molecule has 8 nitrogen and oxygen atoms in total. The average Bonchev–Trinajstić information content (AvgIpc) is 3.37. The maximum absolute atomic E-state index is 14.0. The number of aliphatic hydroxyl groups is 1. The Morgan fingerprint density at radius 2 is 1.79 bits per heavy atom. The van der Waals surface area contributed by atoms with E-state index < -0.39 is 29.0 Å². The molecule has 1 amide bonds. The second-order valence-corrected chi connectivity index (χ2v) is 8.22. The number of alkyl halides is 3. The number of anilines is 3. The third-order valence-electron chi connectivity index (χ3n) is 5.67. The van der Waals surface area contributed by atoms with Crippen molar-refractivity contribution in [3.05, 3.63) is 102 Å². The van der Waals surface area contributed by atoms with Gasteiger partial charge in [-0.3, -0.25) is 4.79 Å². The molecule has 0 bridgehead atoms. The first kappa shape index (κ1) is 24.8. The van der Waals surface area contributed by atoms with Crippen molar-refractivity contribution in [3.8, 4) is 11.1 Å². The number of nitrogens with zero attached hydrogens (tertiary/aromatic N) is 4. The summed E-state index contributed by atoms with van der Waals surface area (Å²) in [5.41, 5.74) is 1.18. The van der Waals surface area contributed by atoms with Crippen molar-refractivity contribution in [1.29, 1.82) is 0 Å². The van der Waals surface area contributed by atoms with Gasteiger partial charge < -0.3 is 15.7 Å². The van der Waals surface area contributed by atoms with Gasteiger partial charge in [0.05, 0.1) is 17.9 Å². The molecule has 0 atom stereocenters. The van der Waals surface area contributed by atoms with Gasteiger partial charge in [-0.15, -0.1) is 0 Å². The number of hydrogen-bond donors (Lipinski definition) is 3. The summed E-state index contributed by atoms with van der Waals surface area (Å²) in [5.74, 6) is -2.02. The highest BCUT2D eigenvalue weighted by molar-refractivity contribution is 6.06. The Bertz CT molecular complexity index is 1650. The van der Waals surface area contributed by atoms with Gasteiger partial charge in [-0.05, 0) is 42.5 Å². The Balaban J connectivity index is 1.55. The lowest BCUT2D eigenvalue weighted by Gasteiger charge is -2.16. The van der Waals surface area contributed by atoms with Gasteiger partial charge in [0.2, 0.25) is 0 Å². The van der Waals surface area contributed by atoms with Crippen molar-refractivity contribution >= 4 is 28.7 Å². The molecule has 12 heteroatoms. The van der Waals surface area contributed by atoms with Crippen molar-refractivity contribution in [1.82, 2.24) is 19.6 Å². The predicted molar refractivity (Wildman–Crippen MR) is 131 cm³/mol. The molecule has 3 heterocycles. The number of halogens is 4. The van der Waals surface area contributed by atoms with Crippen LogP contribution in [0.25, 0.3) is 16.8 Å². The van der Waals surface area contributed by atoms with Crippen molar-refractivity contribution in [2.24, 2.45) is 0 Å². The number of benzene rings is 2. The molecule has 3 aromatic heterocycles. The fourth-order valence-corrected chi connectivity index (χ4v) is 3.79. The summed E-state index contributed by atoms with van der Waals surface area (Å²) in [7, 11) is 0. The molecule has 0 saturated heterocycles. The summed E-state index contributed by atoms with van der Waals surface area (Å²) < 4.78 is 55.1. The molecule has 2 aromatic carbocycles. The number of rotatable bonds is 6. The minimum absolute atomic E-state index is 0.108. The zero-order valence-electron chi connectivity index (χ0n) is 19.4. The average molecular weight is 522 g/mol. The quantitative estimate of drug-likeness (QED) is 0.257. The van der Waals surface area contributed by atoms with Crippen LogP contribution in [0.15, 0.2) is 79.4 Å². The number of aromatic nitrogens is 4. The van der Waals surface area contributed by atoms with Gasteiger partial charge >= 0.3 is 6.18 Å². The molecule has 0 aliphatic carbocycles. The zero-order valence-corrected chi connectivity index (χ0v) is 19.4. The van der Waals surface area contributed by atoms with Crippen LogP contribution in [0.4, 0.5) is 34.8 Å². The standard InChI is InChI=1S/C26H18F4N6O2/c27-20-8-17(7-19(10-20)26(28,29)30)25(38)35-22-9-18(15-5-6-23-32-14-33-36(23)12-15)11-31-24(22)34-21-4-2-1-3-16(21)13-37/h1-12,14,37H,13H2,(H,31,34)(H,35,38). The number of hydrogen-bond acceptors (Lipinski definition) is 6. The normalized spacial score (nSPS) is 11.5. The molecule has 0 saturated carbocycles. The van der Waals surface area contributed by atoms with Gasteiger partial charge in [0.1, 0.15) is 12.1 Å². The summed E-state index contributed by atoms with van der Waals surface area (Å²) in [6.45, 7) is -0.273. The highest BCUT2D eigenvalue weighted by Gasteiger charge is 2.32. The third kappa shape index (κ3) is 5.15. The van der Waals surface area contributed by atoms with E-state index in [2.05, 4.69) is 25.7 Å². The van der Waals surface area contributed by atoms with Crippen molar-refractivity contribution in [2.45, 2.75) is 12.8 Å². The lowest BCUT2D eigenvalue weighted by Crippen LogP contribution is -2.16. The fraction of sp³-hybridized carbons (Fsp3) is 0.0769. The van der Waals surface area contributed by atoms with E-state index in [-0.39, 0.29) is 18.1 Å². The molecule has 0 spiro atoms. The first-order chi connectivity index (χ1) is 18.2. The highest BCUT2D eigenvalue weighted by atomic mass is 19.4. The number of nitrogens with one attached hydrogen (secondary N) is 2. The summed E-state index contributed by atoms with van der Waals surface area (Å²) in [6.07, 6.45) is -0.217. The van der Waals surface area contributed by atoms with Crippen molar-refractivity contribution in [2.75, 3.05) is 10.6 Å². The molecule has 5 aromatic rings. The number of carbonyl (C=O) groups excluding carboxylic acids is 1. The van der Waals surface area contributed by atoms with Crippen molar-refractivity contribution in [3.63, 3.8) is 0 Å². The lowest BCUT2D eigenvalue weighted by atomic mass is 10.1. The van der Waals surface area contributed by atoms with Crippen LogP contribution in [0.3, 0.4) is 0 Å². The summed E-state index contributed by atoms with van der Waals surface area (Å²) >= 11 is 0. The summed E-state index contributed by atoms with van der Waals surface area (Å²) in [4.78, 5) is 21.5. The number of aliphatic hydroxyl groups excluding tert-OH is 1. The van der Waals surface area contributed by atoms with E-state index in [1.165, 1.54) is 12.5 Å². The number of pyridine rings is 2. The lowest BCUT2D eigenvalue weighted by molar-refractivity contribution is -0.137. The Morgan fingerprint density at radius 1 is 0.974 bits per heavy atom. The van der Waals surface area contributed by atoms with Gasteiger partial charge in [0, 0.05) is 40.3 Å². The van der Waals surface area contributed by atoms with Crippen LogP contribution in [0, 0.1) is 5.82 Å². The first-order valence-corrected chi connectivity index (χ1v) is 11.2. The topological polar surface area (TPSA) is 104 Å². The van der Waals surface area contributed by atoms with Crippen LogP contribution in [0.1, 0.15) is 21.5 Å². The van der Waals surface area contributed by atoms with E-state index >= 15 is 0 Å². The minimum Gasteiger partial charge on any atom is -0.392 e. The molecule has 3 N–H and O–H groups in total. The Kier molecular flexibility index (Phi) is 6.47. The van der Waals surface area contributed by atoms with Gasteiger partial charge in [-0.1, -0.05) is 18.2 Å². The highest BCUT2D eigenvalue weighted by Crippen LogP contribution is 2.33. The fourth-order valence-electron chi connectivity index (χ4n) is 3.79. The number of para-hydroxylation sites is 1. The number of carbonyl (C=O) groups is 1. The van der Waals surface area contributed by atoms with Crippen LogP contribution in [-0.2, 0) is 12.8 Å². The monoisotopic (exact) mass is 522 g/mol. The van der Waals surface area contributed by atoms with Crippen molar-refractivity contribution < 1.29 is 27.5 Å². The van der Waals surface area contributed by atoms with Gasteiger partial charge in [-0.2, -0.15) is 18.3 Å². The Labute approximate surface area is 212 Å². The third-order valence-corrected chi connectivity index (χ3v) is 5.67. The number of fused-ring (bicyclic) bond motifs is 1. The second-order valence-electron chi connectivity index (χ2n) is 8.22. The largest absolute Gasteiger partial charge is 0.416 e. The van der Waals surface area contributed by atoms with Crippen LogP contribution in [0.2, 0.25) is 0 Å². The predicted octanol–water partition coefficient (Wildman–Crippen LogP) is 5.44. The molecule has 0 aliphatic rings. The smallest absolute Gasteiger partial charge is 0.392 e. The second kappa shape index (κ2) is 9.90. The van der Waals surface area contributed by atoms with E-state index in [1.807, 2.05) is 0 Å². The maximum Gasteiger partial charge on any atom is 0.416 e. The SMILES string of the molecule is O=C(Nc1cc(-c2ccc3ncnn3c2)cnc1Nc1ccccc1CO)c1cc(F)cc(C(F)(F)F)c1. The first-order valence-electron chi connectivity index (χ1n) is 11.2. The maximum atomic E-state index is 14.0. The Morgan fingerprint density at radius 3 is 2.58 bits per heavy atom. The zero-order chi connectivity index (χ0) is 26.9. The molecule has 0 fully saturated rings. The van der Waals surface area contributed by atoms with Crippen LogP contribution < -0.4 is 10.6 Å². The van der Waals surface area contributed by atoms with E-state index in [9.17, 15) is 27.5 Å². The van der Waals surface area contributed by atoms with Gasteiger partial charge in [0.25, 0.3) is 5.91 Å². The van der Waals surface area contributed by atoms with Crippen LogP contribution >= 0.6 is 0 Å². The summed E-state index contributed by atoms with van der Waals surface area (Å²) in [5, 5.41) is 19.3. The summed E-state index contributed by atoms with van der Waals surface area (Å²) in [6, 6.07) is 13.5. The molecular formula is C26H18F4N6O2. The van der Waals surface area contributed by atoms with E-state index in [1.54, 1.807) is 53.2 Å². The molecular weight excluding hydrogens is 504 g/mol. The van der Waals surface area contributed by atoms with E-state index in [0.717, 1.165) is 0 Å². The van der Waals surface area contributed by atoms with Gasteiger partial charge in [0.15, 0.2) is 11.5 Å². The van der Waals surface area contributed by atoms with E-state index in [0.29, 0.717) is 46.2 Å². The molecule has 0 radical (unpaired) electrons. The molecule has 38 heavy (non-hydrogen) atoms. The van der Waals surface area contributed by atoms with Crippen LogP contribution in [0.5, 0.6) is 0 Å². The molecule has 0 aliphatic heterocycles. The molecule has 0 unspecified atom stereocenters.